The van der Waals surface area contributed by atoms with Gasteiger partial charge in [-0.15, -0.1) is 0 Å². The molecule has 25 heavy (non-hydrogen) atoms. The zero-order valence-electron chi connectivity index (χ0n) is 14.1. The lowest BCUT2D eigenvalue weighted by Gasteiger charge is -2.09. The van der Waals surface area contributed by atoms with E-state index in [4.69, 9.17) is 9.15 Å². The molecule has 0 spiro atoms. The number of aromatic amines is 1. The van der Waals surface area contributed by atoms with E-state index in [0.717, 1.165) is 16.6 Å². The summed E-state index contributed by atoms with van der Waals surface area (Å²) in [6, 6.07) is 5.29. The average molecular weight is 341 g/mol. The number of nitrogens with zero attached hydrogens (tertiary/aromatic N) is 1. The third-order valence-electron chi connectivity index (χ3n) is 4.10. The van der Waals surface area contributed by atoms with Crippen LogP contribution in [0.15, 0.2) is 39.9 Å². The van der Waals surface area contributed by atoms with E-state index in [1.54, 1.807) is 31.8 Å². The maximum Gasteiger partial charge on any atom is 0.340 e. The number of rotatable bonds is 6. The van der Waals surface area contributed by atoms with E-state index >= 15 is 0 Å². The number of ether oxygens (including phenoxy) is 1. The van der Waals surface area contributed by atoms with Gasteiger partial charge in [0.05, 0.1) is 25.4 Å². The lowest BCUT2D eigenvalue weighted by molar-refractivity contribution is -0.120. The highest BCUT2D eigenvalue weighted by Gasteiger charge is 2.15. The molecule has 0 saturated carbocycles. The van der Waals surface area contributed by atoms with Crippen LogP contribution in [-0.4, -0.2) is 29.5 Å². The number of aryl methyl sites for hydroxylation is 1. The van der Waals surface area contributed by atoms with Crippen LogP contribution in [-0.2, 0) is 17.6 Å². The fraction of sp³-hybridized carbons (Fsp3) is 0.278. The molecule has 1 aromatic carbocycles. The van der Waals surface area contributed by atoms with Gasteiger partial charge in [-0.25, -0.2) is 9.78 Å². The number of benzene rings is 1. The SMILES string of the molecule is COc1ccc2c(C)c(CC(=O)NCCc3cnc[nH]3)c(=O)oc2c1. The number of carbonyl (C=O) groups is 1. The molecule has 3 rings (SSSR count). The third-order valence-corrected chi connectivity index (χ3v) is 4.10. The summed E-state index contributed by atoms with van der Waals surface area (Å²) in [5, 5.41) is 3.60. The van der Waals surface area contributed by atoms with Crippen LogP contribution in [0, 0.1) is 6.92 Å². The van der Waals surface area contributed by atoms with Gasteiger partial charge >= 0.3 is 5.63 Å². The Kier molecular flexibility index (Phi) is 4.83. The fourth-order valence-corrected chi connectivity index (χ4v) is 2.69. The van der Waals surface area contributed by atoms with Gasteiger partial charge in [0.1, 0.15) is 11.3 Å². The van der Waals surface area contributed by atoms with E-state index < -0.39 is 5.63 Å². The first-order chi connectivity index (χ1) is 12.1. The van der Waals surface area contributed by atoms with Crippen molar-refractivity contribution in [1.29, 1.82) is 0 Å². The van der Waals surface area contributed by atoms with Crippen LogP contribution in [0.4, 0.5) is 0 Å². The second-order valence-electron chi connectivity index (χ2n) is 5.71. The number of fused-ring (bicyclic) bond motifs is 1. The lowest BCUT2D eigenvalue weighted by atomic mass is 10.0. The van der Waals surface area contributed by atoms with Crippen molar-refractivity contribution in [2.45, 2.75) is 19.8 Å². The van der Waals surface area contributed by atoms with E-state index in [1.807, 2.05) is 13.0 Å². The quantitative estimate of drug-likeness (QED) is 0.666. The zero-order valence-corrected chi connectivity index (χ0v) is 14.1. The first kappa shape index (κ1) is 16.8. The number of imidazole rings is 1. The number of hydrogen-bond acceptors (Lipinski definition) is 5. The molecule has 0 saturated heterocycles. The van der Waals surface area contributed by atoms with Crippen LogP contribution in [0.25, 0.3) is 11.0 Å². The molecule has 0 aliphatic rings. The molecule has 2 aromatic heterocycles. The van der Waals surface area contributed by atoms with E-state index in [-0.39, 0.29) is 12.3 Å². The highest BCUT2D eigenvalue weighted by molar-refractivity contribution is 5.85. The average Bonchev–Trinajstić information content (AvgIpc) is 3.11. The molecular formula is C18H19N3O4. The largest absolute Gasteiger partial charge is 0.497 e. The summed E-state index contributed by atoms with van der Waals surface area (Å²) in [6.45, 7) is 2.29. The Hall–Kier alpha value is -3.09. The van der Waals surface area contributed by atoms with Crippen molar-refractivity contribution in [3.05, 3.63) is 58.0 Å². The topological polar surface area (TPSA) is 97.2 Å². The maximum absolute atomic E-state index is 12.2. The van der Waals surface area contributed by atoms with Gasteiger partial charge in [-0.2, -0.15) is 0 Å². The molecule has 0 aliphatic heterocycles. The molecule has 0 aliphatic carbocycles. The summed E-state index contributed by atoms with van der Waals surface area (Å²) in [5.41, 5.74) is 2.01. The normalized spacial score (nSPS) is 10.8. The van der Waals surface area contributed by atoms with Gasteiger partial charge in [-0.1, -0.05) is 0 Å². The number of hydrogen-bond donors (Lipinski definition) is 2. The van der Waals surface area contributed by atoms with Crippen LogP contribution >= 0.6 is 0 Å². The molecule has 7 heteroatoms. The molecular weight excluding hydrogens is 322 g/mol. The summed E-state index contributed by atoms with van der Waals surface area (Å²) in [6.07, 6.45) is 3.94. The molecule has 2 heterocycles. The van der Waals surface area contributed by atoms with Gasteiger partial charge in [0.15, 0.2) is 0 Å². The molecule has 0 bridgehead atoms. The van der Waals surface area contributed by atoms with Crippen LogP contribution < -0.4 is 15.7 Å². The van der Waals surface area contributed by atoms with E-state index in [1.165, 1.54) is 0 Å². The van der Waals surface area contributed by atoms with Gasteiger partial charge in [-0.05, 0) is 24.6 Å². The summed E-state index contributed by atoms with van der Waals surface area (Å²) in [7, 11) is 1.55. The van der Waals surface area contributed by atoms with Crippen LogP contribution in [0.1, 0.15) is 16.8 Å². The van der Waals surface area contributed by atoms with Crippen molar-refractivity contribution in [3.8, 4) is 5.75 Å². The van der Waals surface area contributed by atoms with Gasteiger partial charge in [0.2, 0.25) is 5.91 Å². The number of aromatic nitrogens is 2. The molecule has 0 unspecified atom stereocenters. The second kappa shape index (κ2) is 7.21. The van der Waals surface area contributed by atoms with Gasteiger partial charge in [-0.3, -0.25) is 4.79 Å². The Labute approximate surface area is 144 Å². The highest BCUT2D eigenvalue weighted by atomic mass is 16.5. The summed E-state index contributed by atoms with van der Waals surface area (Å²) in [4.78, 5) is 31.3. The van der Waals surface area contributed by atoms with Gasteiger partial charge < -0.3 is 19.5 Å². The van der Waals surface area contributed by atoms with Crippen molar-refractivity contribution in [2.24, 2.45) is 0 Å². The first-order valence-corrected chi connectivity index (χ1v) is 7.92. The zero-order chi connectivity index (χ0) is 17.8. The minimum absolute atomic E-state index is 0.0148. The Morgan fingerprint density at radius 2 is 2.24 bits per heavy atom. The fourth-order valence-electron chi connectivity index (χ4n) is 2.69. The predicted octanol–water partition coefficient (Wildman–Crippen LogP) is 1.73. The highest BCUT2D eigenvalue weighted by Crippen LogP contribution is 2.24. The molecule has 130 valence electrons. The van der Waals surface area contributed by atoms with Crippen molar-refractivity contribution < 1.29 is 13.9 Å². The van der Waals surface area contributed by atoms with Crippen LogP contribution in [0.2, 0.25) is 0 Å². The first-order valence-electron chi connectivity index (χ1n) is 7.92. The van der Waals surface area contributed by atoms with E-state index in [2.05, 4.69) is 15.3 Å². The Morgan fingerprint density at radius 1 is 1.40 bits per heavy atom. The standard InChI is InChI=1S/C18H19N3O4/c1-11-14-4-3-13(24-2)7-16(14)25-18(23)15(11)8-17(22)20-6-5-12-9-19-10-21-12/h3-4,7,9-10H,5-6,8H2,1-2H3,(H,19,21)(H,20,22). The van der Waals surface area contributed by atoms with Crippen molar-refractivity contribution >= 4 is 16.9 Å². The molecule has 2 N–H and O–H groups in total. The molecule has 7 nitrogen and oxygen atoms in total. The smallest absolute Gasteiger partial charge is 0.340 e. The molecule has 0 fully saturated rings. The van der Waals surface area contributed by atoms with Crippen molar-refractivity contribution in [3.63, 3.8) is 0 Å². The monoisotopic (exact) mass is 341 g/mol. The molecule has 1 amide bonds. The second-order valence-corrected chi connectivity index (χ2v) is 5.71. The summed E-state index contributed by atoms with van der Waals surface area (Å²) < 4.78 is 10.5. The predicted molar refractivity (Wildman–Crippen MR) is 92.8 cm³/mol. The van der Waals surface area contributed by atoms with Gasteiger partial charge in [0.25, 0.3) is 0 Å². The van der Waals surface area contributed by atoms with Crippen molar-refractivity contribution in [2.75, 3.05) is 13.7 Å². The number of nitrogens with one attached hydrogen (secondary N) is 2. The van der Waals surface area contributed by atoms with Crippen molar-refractivity contribution in [1.82, 2.24) is 15.3 Å². The van der Waals surface area contributed by atoms with Crippen LogP contribution in [0.3, 0.4) is 0 Å². The molecule has 3 aromatic rings. The Morgan fingerprint density at radius 3 is 2.96 bits per heavy atom. The van der Waals surface area contributed by atoms with E-state index in [9.17, 15) is 9.59 Å². The number of amides is 1. The maximum atomic E-state index is 12.2. The summed E-state index contributed by atoms with van der Waals surface area (Å²) >= 11 is 0. The number of H-pyrrole nitrogens is 1. The Balaban J connectivity index is 1.74. The molecule has 0 radical (unpaired) electrons. The third kappa shape index (κ3) is 3.71. The van der Waals surface area contributed by atoms with Crippen LogP contribution in [0.5, 0.6) is 5.75 Å². The molecule has 0 atom stereocenters. The lowest BCUT2D eigenvalue weighted by Crippen LogP contribution is -2.29. The Bertz CT molecular complexity index is 945. The number of carbonyl (C=O) groups excluding carboxylic acids is 1. The minimum atomic E-state index is -0.498. The van der Waals surface area contributed by atoms with E-state index in [0.29, 0.717) is 29.9 Å². The van der Waals surface area contributed by atoms with Gasteiger partial charge in [0, 0.05) is 36.3 Å². The summed E-state index contributed by atoms with van der Waals surface area (Å²) in [5.74, 6) is 0.391. The minimum Gasteiger partial charge on any atom is -0.497 e. The number of methoxy groups -OCH3 is 1.